The number of benzene rings is 1. The highest BCUT2D eigenvalue weighted by atomic mass is 15.0. The summed E-state index contributed by atoms with van der Waals surface area (Å²) < 4.78 is 2.03. The second-order valence-electron chi connectivity index (χ2n) is 2.97. The standard InChI is InChI=1S/C9H11N3/c1-6-11-8-4-3-7(10)5-9(8)12(6)2/h3-5H,10H2,1-2H3. The Bertz CT molecular complexity index is 429. The van der Waals surface area contributed by atoms with Crippen molar-refractivity contribution < 1.29 is 0 Å². The van der Waals surface area contributed by atoms with Gasteiger partial charge in [0.2, 0.25) is 0 Å². The zero-order valence-electron chi connectivity index (χ0n) is 7.20. The highest BCUT2D eigenvalue weighted by Gasteiger charge is 2.02. The minimum absolute atomic E-state index is 0.783. The van der Waals surface area contributed by atoms with Crippen LogP contribution in [0.2, 0.25) is 0 Å². The molecule has 0 amide bonds. The molecule has 0 unspecified atom stereocenters. The van der Waals surface area contributed by atoms with Gasteiger partial charge in [0.25, 0.3) is 0 Å². The SMILES string of the molecule is Cc1nc2ccc(N)cc2n1C. The number of imidazole rings is 1. The van der Waals surface area contributed by atoms with Crippen molar-refractivity contribution in [2.24, 2.45) is 7.05 Å². The van der Waals surface area contributed by atoms with Gasteiger partial charge in [0.05, 0.1) is 11.0 Å². The van der Waals surface area contributed by atoms with E-state index in [1.807, 2.05) is 36.7 Å². The number of aromatic nitrogens is 2. The van der Waals surface area contributed by atoms with Crippen LogP contribution in [-0.4, -0.2) is 9.55 Å². The van der Waals surface area contributed by atoms with Gasteiger partial charge in [0.15, 0.2) is 0 Å². The molecule has 62 valence electrons. The van der Waals surface area contributed by atoms with E-state index >= 15 is 0 Å². The molecule has 0 saturated carbocycles. The number of hydrogen-bond donors (Lipinski definition) is 1. The van der Waals surface area contributed by atoms with E-state index in [4.69, 9.17) is 5.73 Å². The van der Waals surface area contributed by atoms with E-state index in [1.165, 1.54) is 0 Å². The normalized spacial score (nSPS) is 10.8. The van der Waals surface area contributed by atoms with Crippen molar-refractivity contribution in [2.75, 3.05) is 5.73 Å². The monoisotopic (exact) mass is 161 g/mol. The molecule has 3 nitrogen and oxygen atoms in total. The predicted molar refractivity (Wildman–Crippen MR) is 49.9 cm³/mol. The van der Waals surface area contributed by atoms with Crippen molar-refractivity contribution in [1.82, 2.24) is 9.55 Å². The molecule has 1 heterocycles. The van der Waals surface area contributed by atoms with Gasteiger partial charge in [-0.15, -0.1) is 0 Å². The molecule has 3 heteroatoms. The lowest BCUT2D eigenvalue weighted by atomic mass is 10.3. The summed E-state index contributed by atoms with van der Waals surface area (Å²) in [5, 5.41) is 0. The molecule has 0 spiro atoms. The third-order valence-corrected chi connectivity index (χ3v) is 2.13. The van der Waals surface area contributed by atoms with E-state index in [-0.39, 0.29) is 0 Å². The number of nitrogens with two attached hydrogens (primary N) is 1. The molecule has 0 atom stereocenters. The maximum atomic E-state index is 5.66. The topological polar surface area (TPSA) is 43.8 Å². The molecular formula is C9H11N3. The first-order valence-corrected chi connectivity index (χ1v) is 3.87. The smallest absolute Gasteiger partial charge is 0.106 e. The molecule has 1 aromatic carbocycles. The molecule has 0 saturated heterocycles. The molecule has 0 fully saturated rings. The summed E-state index contributed by atoms with van der Waals surface area (Å²) in [6.45, 7) is 1.98. The van der Waals surface area contributed by atoms with Crippen molar-refractivity contribution in [3.05, 3.63) is 24.0 Å². The van der Waals surface area contributed by atoms with Gasteiger partial charge in [-0.2, -0.15) is 0 Å². The van der Waals surface area contributed by atoms with Crippen LogP contribution < -0.4 is 5.73 Å². The maximum Gasteiger partial charge on any atom is 0.106 e. The summed E-state index contributed by atoms with van der Waals surface area (Å²) >= 11 is 0. The second-order valence-corrected chi connectivity index (χ2v) is 2.97. The Hall–Kier alpha value is -1.51. The number of nitrogens with zero attached hydrogens (tertiary/aromatic N) is 2. The van der Waals surface area contributed by atoms with Crippen LogP contribution in [0.15, 0.2) is 18.2 Å². The van der Waals surface area contributed by atoms with Crippen molar-refractivity contribution in [2.45, 2.75) is 6.92 Å². The Kier molecular flexibility index (Phi) is 1.33. The van der Waals surface area contributed by atoms with E-state index in [1.54, 1.807) is 0 Å². The summed E-state index contributed by atoms with van der Waals surface area (Å²) in [5.74, 6) is 1.01. The molecule has 12 heavy (non-hydrogen) atoms. The van der Waals surface area contributed by atoms with Gasteiger partial charge >= 0.3 is 0 Å². The van der Waals surface area contributed by atoms with Crippen LogP contribution in [0.1, 0.15) is 5.82 Å². The Morgan fingerprint density at radius 3 is 2.92 bits per heavy atom. The fraction of sp³-hybridized carbons (Fsp3) is 0.222. The zero-order valence-corrected chi connectivity index (χ0v) is 7.20. The van der Waals surface area contributed by atoms with Crippen molar-refractivity contribution in [1.29, 1.82) is 0 Å². The second kappa shape index (κ2) is 2.24. The van der Waals surface area contributed by atoms with E-state index in [0.717, 1.165) is 22.5 Å². The summed E-state index contributed by atoms with van der Waals surface area (Å²) in [6.07, 6.45) is 0. The average Bonchev–Trinajstić information content (AvgIpc) is 2.31. The first-order valence-electron chi connectivity index (χ1n) is 3.87. The zero-order chi connectivity index (χ0) is 8.72. The summed E-state index contributed by atoms with van der Waals surface area (Å²) in [7, 11) is 1.99. The van der Waals surface area contributed by atoms with Crippen LogP contribution in [0, 0.1) is 6.92 Å². The Labute approximate surface area is 70.8 Å². The Balaban J connectivity index is 2.88. The van der Waals surface area contributed by atoms with Crippen LogP contribution in [0.4, 0.5) is 5.69 Å². The van der Waals surface area contributed by atoms with Crippen molar-refractivity contribution >= 4 is 16.7 Å². The van der Waals surface area contributed by atoms with Gasteiger partial charge in [-0.1, -0.05) is 0 Å². The number of rotatable bonds is 0. The van der Waals surface area contributed by atoms with Crippen LogP contribution in [0.5, 0.6) is 0 Å². The average molecular weight is 161 g/mol. The first kappa shape index (κ1) is 7.16. The van der Waals surface area contributed by atoms with E-state index < -0.39 is 0 Å². The quantitative estimate of drug-likeness (QED) is 0.594. The summed E-state index contributed by atoms with van der Waals surface area (Å²) in [4.78, 5) is 4.36. The number of anilines is 1. The van der Waals surface area contributed by atoms with Crippen molar-refractivity contribution in [3.63, 3.8) is 0 Å². The fourth-order valence-electron chi connectivity index (χ4n) is 1.33. The Morgan fingerprint density at radius 1 is 1.42 bits per heavy atom. The molecule has 0 aliphatic carbocycles. The van der Waals surface area contributed by atoms with Crippen LogP contribution in [-0.2, 0) is 7.05 Å². The summed E-state index contributed by atoms with van der Waals surface area (Å²) in [6, 6.07) is 5.75. The predicted octanol–water partition coefficient (Wildman–Crippen LogP) is 1.46. The Morgan fingerprint density at radius 2 is 2.17 bits per heavy atom. The van der Waals surface area contributed by atoms with E-state index in [0.29, 0.717) is 0 Å². The number of aryl methyl sites for hydroxylation is 2. The third kappa shape index (κ3) is 0.863. The van der Waals surface area contributed by atoms with Gasteiger partial charge in [-0.25, -0.2) is 4.98 Å². The molecule has 2 aromatic rings. The van der Waals surface area contributed by atoms with Crippen LogP contribution >= 0.6 is 0 Å². The molecule has 1 aromatic heterocycles. The van der Waals surface area contributed by atoms with E-state index in [2.05, 4.69) is 4.98 Å². The minimum atomic E-state index is 0.783. The molecular weight excluding hydrogens is 150 g/mol. The van der Waals surface area contributed by atoms with Gasteiger partial charge in [0, 0.05) is 12.7 Å². The van der Waals surface area contributed by atoms with Gasteiger partial charge < -0.3 is 10.3 Å². The number of nitrogen functional groups attached to an aromatic ring is 1. The lowest BCUT2D eigenvalue weighted by Crippen LogP contribution is -1.91. The molecule has 0 bridgehead atoms. The fourth-order valence-corrected chi connectivity index (χ4v) is 1.33. The lowest BCUT2D eigenvalue weighted by molar-refractivity contribution is 0.886. The van der Waals surface area contributed by atoms with Gasteiger partial charge in [0.1, 0.15) is 5.82 Å². The van der Waals surface area contributed by atoms with E-state index in [9.17, 15) is 0 Å². The molecule has 0 radical (unpaired) electrons. The minimum Gasteiger partial charge on any atom is -0.399 e. The highest BCUT2D eigenvalue weighted by molar-refractivity contribution is 5.79. The van der Waals surface area contributed by atoms with Gasteiger partial charge in [-0.3, -0.25) is 0 Å². The summed E-state index contributed by atoms with van der Waals surface area (Å²) in [5.41, 5.74) is 8.54. The van der Waals surface area contributed by atoms with Crippen LogP contribution in [0.3, 0.4) is 0 Å². The number of hydrogen-bond acceptors (Lipinski definition) is 2. The van der Waals surface area contributed by atoms with Crippen LogP contribution in [0.25, 0.3) is 11.0 Å². The third-order valence-electron chi connectivity index (χ3n) is 2.13. The van der Waals surface area contributed by atoms with Gasteiger partial charge in [-0.05, 0) is 25.1 Å². The largest absolute Gasteiger partial charge is 0.399 e. The first-order chi connectivity index (χ1) is 5.68. The molecule has 2 rings (SSSR count). The molecule has 0 aliphatic rings. The van der Waals surface area contributed by atoms with Crippen molar-refractivity contribution in [3.8, 4) is 0 Å². The number of fused-ring (bicyclic) bond motifs is 1. The molecule has 0 aliphatic heterocycles. The lowest BCUT2D eigenvalue weighted by Gasteiger charge is -1.96. The maximum absolute atomic E-state index is 5.66. The molecule has 2 N–H and O–H groups in total. The highest BCUT2D eigenvalue weighted by Crippen LogP contribution is 2.16.